The quantitative estimate of drug-likeness (QED) is 0.775. The molecule has 1 N–H and O–H groups in total. The molecule has 0 atom stereocenters. The highest BCUT2D eigenvalue weighted by Crippen LogP contribution is 2.17. The van der Waals surface area contributed by atoms with Gasteiger partial charge in [-0.05, 0) is 30.0 Å². The summed E-state index contributed by atoms with van der Waals surface area (Å²) in [4.78, 5) is 9.10. The molecule has 1 aromatic carbocycles. The maximum Gasteiger partial charge on any atom is 0.0572 e. The summed E-state index contributed by atoms with van der Waals surface area (Å²) < 4.78 is 0. The molecule has 0 fully saturated rings. The van der Waals surface area contributed by atoms with Crippen molar-refractivity contribution in [3.63, 3.8) is 0 Å². The fourth-order valence-electron chi connectivity index (χ4n) is 1.63. The third-order valence-electron chi connectivity index (χ3n) is 2.45. The van der Waals surface area contributed by atoms with E-state index in [1.165, 1.54) is 16.3 Å². The predicted molar refractivity (Wildman–Crippen MR) is 60.3 cm³/mol. The number of aromatic nitrogens is 1. The van der Waals surface area contributed by atoms with Gasteiger partial charge in [0, 0.05) is 23.8 Å². The monoisotopic (exact) mass is 202 g/mol. The molecule has 0 saturated carbocycles. The van der Waals surface area contributed by atoms with Crippen LogP contribution in [0.1, 0.15) is 11.3 Å². The summed E-state index contributed by atoms with van der Waals surface area (Å²) in [5.41, 5.74) is 5.08. The third-order valence-corrected chi connectivity index (χ3v) is 2.45. The number of hydrogen-bond donors (Lipinski definition) is 1. The van der Waals surface area contributed by atoms with Crippen LogP contribution in [0.3, 0.4) is 0 Å². The molecule has 78 valence electrons. The van der Waals surface area contributed by atoms with Crippen LogP contribution in [0, 0.1) is 6.92 Å². The van der Waals surface area contributed by atoms with Gasteiger partial charge < -0.3 is 4.84 Å². The smallest absolute Gasteiger partial charge is 0.0572 e. The highest BCUT2D eigenvalue weighted by Gasteiger charge is 1.99. The van der Waals surface area contributed by atoms with Crippen molar-refractivity contribution in [2.75, 3.05) is 7.11 Å². The van der Waals surface area contributed by atoms with Gasteiger partial charge in [0.25, 0.3) is 0 Å². The van der Waals surface area contributed by atoms with Gasteiger partial charge in [0.05, 0.1) is 7.11 Å². The van der Waals surface area contributed by atoms with Gasteiger partial charge in [0.15, 0.2) is 0 Å². The highest BCUT2D eigenvalue weighted by atomic mass is 16.6. The van der Waals surface area contributed by atoms with Crippen LogP contribution in [0.4, 0.5) is 0 Å². The van der Waals surface area contributed by atoms with E-state index in [0.717, 1.165) is 5.69 Å². The average Bonchev–Trinajstić information content (AvgIpc) is 2.27. The Morgan fingerprint density at radius 3 is 3.00 bits per heavy atom. The second-order valence-electron chi connectivity index (χ2n) is 3.48. The summed E-state index contributed by atoms with van der Waals surface area (Å²) >= 11 is 0. The van der Waals surface area contributed by atoms with Crippen LogP contribution in [0.5, 0.6) is 0 Å². The molecule has 3 heteroatoms. The molecule has 0 unspecified atom stereocenters. The maximum atomic E-state index is 4.82. The standard InChI is InChI=1S/C12H14N2O/c1-9-12-7-10(8-14-15-2)3-4-11(12)5-6-13-9/h3-7,14H,8H2,1-2H3. The predicted octanol–water partition coefficient (Wildman–Crippen LogP) is 2.19. The van der Waals surface area contributed by atoms with Crippen LogP contribution in [-0.2, 0) is 11.4 Å². The van der Waals surface area contributed by atoms with Crippen molar-refractivity contribution in [3.05, 3.63) is 41.7 Å². The molecule has 0 aliphatic rings. The fraction of sp³-hybridized carbons (Fsp3) is 0.250. The number of fused-ring (bicyclic) bond motifs is 1. The fourth-order valence-corrected chi connectivity index (χ4v) is 1.63. The number of hydrogen-bond acceptors (Lipinski definition) is 3. The Labute approximate surface area is 89.0 Å². The van der Waals surface area contributed by atoms with Gasteiger partial charge in [-0.3, -0.25) is 4.98 Å². The van der Waals surface area contributed by atoms with E-state index in [-0.39, 0.29) is 0 Å². The van der Waals surface area contributed by atoms with Crippen LogP contribution in [0.15, 0.2) is 30.5 Å². The lowest BCUT2D eigenvalue weighted by Crippen LogP contribution is -2.10. The number of nitrogens with one attached hydrogen (secondary N) is 1. The Balaban J connectivity index is 2.41. The first kappa shape index (κ1) is 10.1. The van der Waals surface area contributed by atoms with Gasteiger partial charge in [-0.15, -0.1) is 0 Å². The summed E-state index contributed by atoms with van der Waals surface area (Å²) in [6, 6.07) is 8.37. The molecule has 0 aliphatic carbocycles. The van der Waals surface area contributed by atoms with Crippen LogP contribution in [0.2, 0.25) is 0 Å². The maximum absolute atomic E-state index is 4.82. The molecule has 0 amide bonds. The molecule has 1 aromatic heterocycles. The zero-order valence-electron chi connectivity index (χ0n) is 8.95. The van der Waals surface area contributed by atoms with Crippen LogP contribution >= 0.6 is 0 Å². The van der Waals surface area contributed by atoms with Crippen molar-refractivity contribution in [3.8, 4) is 0 Å². The van der Waals surface area contributed by atoms with Crippen molar-refractivity contribution in [1.82, 2.24) is 10.5 Å². The molecular weight excluding hydrogens is 188 g/mol. The molecule has 0 radical (unpaired) electrons. The van der Waals surface area contributed by atoms with E-state index in [1.807, 2.05) is 19.2 Å². The molecule has 15 heavy (non-hydrogen) atoms. The first-order chi connectivity index (χ1) is 7.31. The lowest BCUT2D eigenvalue weighted by molar-refractivity contribution is 0.0867. The molecule has 0 aliphatic heterocycles. The number of aryl methyl sites for hydroxylation is 1. The number of pyridine rings is 1. The van der Waals surface area contributed by atoms with Crippen LogP contribution in [0.25, 0.3) is 10.8 Å². The summed E-state index contributed by atoms with van der Waals surface area (Å²) in [5, 5.41) is 2.43. The molecule has 0 saturated heterocycles. The minimum absolute atomic E-state index is 0.709. The summed E-state index contributed by atoms with van der Waals surface area (Å²) in [6.07, 6.45) is 1.84. The van der Waals surface area contributed by atoms with E-state index in [1.54, 1.807) is 7.11 Å². The van der Waals surface area contributed by atoms with Crippen LogP contribution < -0.4 is 5.48 Å². The molecular formula is C12H14N2O. The second kappa shape index (κ2) is 4.38. The minimum atomic E-state index is 0.709. The van der Waals surface area contributed by atoms with Gasteiger partial charge >= 0.3 is 0 Å². The largest absolute Gasteiger partial charge is 0.305 e. The molecule has 1 heterocycles. The molecule has 0 spiro atoms. The van der Waals surface area contributed by atoms with E-state index in [9.17, 15) is 0 Å². The summed E-state index contributed by atoms with van der Waals surface area (Å²) in [7, 11) is 1.62. The Morgan fingerprint density at radius 1 is 1.33 bits per heavy atom. The number of rotatable bonds is 3. The lowest BCUT2D eigenvalue weighted by atomic mass is 10.1. The summed E-state index contributed by atoms with van der Waals surface area (Å²) in [5.74, 6) is 0. The normalized spacial score (nSPS) is 10.8. The molecule has 3 nitrogen and oxygen atoms in total. The Hall–Kier alpha value is -1.45. The Morgan fingerprint density at radius 2 is 2.20 bits per heavy atom. The van der Waals surface area contributed by atoms with E-state index < -0.39 is 0 Å². The van der Waals surface area contributed by atoms with Gasteiger partial charge in [-0.2, -0.15) is 5.48 Å². The number of hydroxylamine groups is 1. The van der Waals surface area contributed by atoms with Crippen molar-refractivity contribution in [2.24, 2.45) is 0 Å². The first-order valence-electron chi connectivity index (χ1n) is 4.91. The number of benzene rings is 1. The lowest BCUT2D eigenvalue weighted by Gasteiger charge is -2.05. The van der Waals surface area contributed by atoms with Crippen molar-refractivity contribution >= 4 is 10.8 Å². The Bertz CT molecular complexity index is 468. The van der Waals surface area contributed by atoms with Crippen molar-refractivity contribution in [2.45, 2.75) is 13.5 Å². The van der Waals surface area contributed by atoms with Gasteiger partial charge in [-0.1, -0.05) is 12.1 Å². The third kappa shape index (κ3) is 2.14. The zero-order valence-corrected chi connectivity index (χ0v) is 8.95. The van der Waals surface area contributed by atoms with Crippen molar-refractivity contribution < 1.29 is 4.84 Å². The Kier molecular flexibility index (Phi) is 2.94. The van der Waals surface area contributed by atoms with E-state index >= 15 is 0 Å². The van der Waals surface area contributed by atoms with Crippen molar-refractivity contribution in [1.29, 1.82) is 0 Å². The molecule has 0 bridgehead atoms. The van der Waals surface area contributed by atoms with Gasteiger partial charge in [0.2, 0.25) is 0 Å². The highest BCUT2D eigenvalue weighted by molar-refractivity contribution is 5.84. The first-order valence-corrected chi connectivity index (χ1v) is 4.91. The van der Waals surface area contributed by atoms with E-state index in [4.69, 9.17) is 4.84 Å². The second-order valence-corrected chi connectivity index (χ2v) is 3.48. The van der Waals surface area contributed by atoms with Gasteiger partial charge in [-0.25, -0.2) is 0 Å². The van der Waals surface area contributed by atoms with E-state index in [0.29, 0.717) is 6.54 Å². The van der Waals surface area contributed by atoms with Gasteiger partial charge in [0.1, 0.15) is 0 Å². The van der Waals surface area contributed by atoms with E-state index in [2.05, 4.69) is 28.7 Å². The number of nitrogens with zero attached hydrogens (tertiary/aromatic N) is 1. The topological polar surface area (TPSA) is 34.1 Å². The molecule has 2 rings (SSSR count). The minimum Gasteiger partial charge on any atom is -0.305 e. The van der Waals surface area contributed by atoms with Crippen LogP contribution in [-0.4, -0.2) is 12.1 Å². The average molecular weight is 202 g/mol. The SMILES string of the molecule is CONCc1ccc2ccnc(C)c2c1. The zero-order chi connectivity index (χ0) is 10.7. The molecule has 2 aromatic rings. The summed E-state index contributed by atoms with van der Waals surface area (Å²) in [6.45, 7) is 2.73.